The molecule has 1 aromatic carbocycles. The van der Waals surface area contributed by atoms with Crippen LogP contribution in [0.2, 0.25) is 0 Å². The van der Waals surface area contributed by atoms with Gasteiger partial charge in [-0.2, -0.15) is 0 Å². The molecule has 0 aliphatic rings. The SMILES string of the molecule is CN(Cc1ncc[nH]1)C(=O)c1cc2cc(N)ccc2[nH]1. The van der Waals surface area contributed by atoms with Crippen molar-refractivity contribution in [3.63, 3.8) is 0 Å². The first-order valence-corrected chi connectivity index (χ1v) is 6.25. The predicted octanol–water partition coefficient (Wildman–Crippen LogP) is 1.75. The fourth-order valence-electron chi connectivity index (χ4n) is 2.15. The number of nitrogens with two attached hydrogens (primary N) is 1. The Morgan fingerprint density at radius 3 is 3.00 bits per heavy atom. The van der Waals surface area contributed by atoms with Crippen LogP contribution in [0.1, 0.15) is 16.3 Å². The average molecular weight is 269 g/mol. The van der Waals surface area contributed by atoms with Gasteiger partial charge in [0.2, 0.25) is 0 Å². The van der Waals surface area contributed by atoms with Gasteiger partial charge in [-0.15, -0.1) is 0 Å². The Hall–Kier alpha value is -2.76. The van der Waals surface area contributed by atoms with Gasteiger partial charge in [0.1, 0.15) is 11.5 Å². The highest BCUT2D eigenvalue weighted by molar-refractivity contribution is 5.98. The summed E-state index contributed by atoms with van der Waals surface area (Å²) >= 11 is 0. The second-order valence-corrected chi connectivity index (χ2v) is 4.73. The number of H-pyrrole nitrogens is 2. The normalized spacial score (nSPS) is 10.8. The van der Waals surface area contributed by atoms with Crippen molar-refractivity contribution in [3.05, 3.63) is 48.2 Å². The summed E-state index contributed by atoms with van der Waals surface area (Å²) in [5.41, 5.74) is 7.86. The molecule has 0 radical (unpaired) electrons. The van der Waals surface area contributed by atoms with Crippen LogP contribution in [0, 0.1) is 0 Å². The number of aromatic amines is 2. The summed E-state index contributed by atoms with van der Waals surface area (Å²) in [7, 11) is 1.74. The monoisotopic (exact) mass is 269 g/mol. The summed E-state index contributed by atoms with van der Waals surface area (Å²) in [4.78, 5) is 24.1. The molecule has 3 rings (SSSR count). The number of carbonyl (C=O) groups excluding carboxylic acids is 1. The Kier molecular flexibility index (Phi) is 2.90. The minimum absolute atomic E-state index is 0.0869. The number of fused-ring (bicyclic) bond motifs is 1. The van der Waals surface area contributed by atoms with E-state index in [4.69, 9.17) is 5.73 Å². The molecule has 20 heavy (non-hydrogen) atoms. The Morgan fingerprint density at radius 1 is 1.40 bits per heavy atom. The molecule has 1 amide bonds. The third-order valence-electron chi connectivity index (χ3n) is 3.16. The summed E-state index contributed by atoms with van der Waals surface area (Å²) in [6, 6.07) is 7.33. The Morgan fingerprint density at radius 2 is 2.25 bits per heavy atom. The molecule has 6 heteroatoms. The topological polar surface area (TPSA) is 90.8 Å². The van der Waals surface area contributed by atoms with Crippen LogP contribution in [0.25, 0.3) is 10.9 Å². The molecule has 0 saturated carbocycles. The lowest BCUT2D eigenvalue weighted by molar-refractivity contribution is 0.0777. The number of rotatable bonds is 3. The van der Waals surface area contributed by atoms with Crippen molar-refractivity contribution in [2.24, 2.45) is 0 Å². The van der Waals surface area contributed by atoms with E-state index in [9.17, 15) is 4.79 Å². The largest absolute Gasteiger partial charge is 0.399 e. The number of nitrogens with zero attached hydrogens (tertiary/aromatic N) is 2. The van der Waals surface area contributed by atoms with Gasteiger partial charge in [0, 0.05) is 36.0 Å². The lowest BCUT2D eigenvalue weighted by atomic mass is 10.2. The molecule has 2 heterocycles. The van der Waals surface area contributed by atoms with Crippen molar-refractivity contribution in [2.75, 3.05) is 12.8 Å². The van der Waals surface area contributed by atoms with Crippen molar-refractivity contribution < 1.29 is 4.79 Å². The fourth-order valence-corrected chi connectivity index (χ4v) is 2.15. The van der Waals surface area contributed by atoms with Crippen molar-refractivity contribution in [3.8, 4) is 0 Å². The summed E-state index contributed by atoms with van der Waals surface area (Å²) in [5, 5.41) is 0.930. The summed E-state index contributed by atoms with van der Waals surface area (Å²) in [6.07, 6.45) is 3.40. The van der Waals surface area contributed by atoms with Gasteiger partial charge in [-0.3, -0.25) is 4.79 Å². The minimum atomic E-state index is -0.0869. The lowest BCUT2D eigenvalue weighted by Crippen LogP contribution is -2.26. The zero-order valence-electron chi connectivity index (χ0n) is 11.1. The molecule has 0 fully saturated rings. The van der Waals surface area contributed by atoms with E-state index in [1.165, 1.54) is 0 Å². The standard InChI is InChI=1S/C14H15N5O/c1-19(8-13-16-4-5-17-13)14(20)12-7-9-6-10(15)2-3-11(9)18-12/h2-7,18H,8,15H2,1H3,(H,16,17). The summed E-state index contributed by atoms with van der Waals surface area (Å²) < 4.78 is 0. The second kappa shape index (κ2) is 4.73. The first-order chi connectivity index (χ1) is 9.63. The van der Waals surface area contributed by atoms with Gasteiger partial charge in [0.15, 0.2) is 0 Å². The number of amides is 1. The molecule has 6 nitrogen and oxygen atoms in total. The lowest BCUT2D eigenvalue weighted by Gasteiger charge is -2.14. The zero-order chi connectivity index (χ0) is 14.1. The van der Waals surface area contributed by atoms with Crippen LogP contribution in [0.15, 0.2) is 36.7 Å². The fraction of sp³-hybridized carbons (Fsp3) is 0.143. The van der Waals surface area contributed by atoms with Crippen LogP contribution >= 0.6 is 0 Å². The number of carbonyl (C=O) groups is 1. The number of imidazole rings is 1. The molecule has 0 aliphatic carbocycles. The molecule has 102 valence electrons. The molecule has 0 bridgehead atoms. The van der Waals surface area contributed by atoms with Crippen LogP contribution in [-0.2, 0) is 6.54 Å². The maximum atomic E-state index is 12.3. The van der Waals surface area contributed by atoms with E-state index in [0.717, 1.165) is 16.7 Å². The van der Waals surface area contributed by atoms with Crippen LogP contribution in [-0.4, -0.2) is 32.8 Å². The van der Waals surface area contributed by atoms with E-state index in [2.05, 4.69) is 15.0 Å². The zero-order valence-corrected chi connectivity index (χ0v) is 11.1. The van der Waals surface area contributed by atoms with Crippen molar-refractivity contribution in [1.82, 2.24) is 19.9 Å². The first-order valence-electron chi connectivity index (χ1n) is 6.25. The van der Waals surface area contributed by atoms with Gasteiger partial charge in [-0.1, -0.05) is 0 Å². The van der Waals surface area contributed by atoms with E-state index in [1.54, 1.807) is 30.4 Å². The van der Waals surface area contributed by atoms with E-state index >= 15 is 0 Å². The number of nitrogen functional groups attached to an aromatic ring is 1. The molecule has 0 saturated heterocycles. The number of aromatic nitrogens is 3. The Labute approximate surface area is 115 Å². The number of benzene rings is 1. The Bertz CT molecular complexity index is 744. The second-order valence-electron chi connectivity index (χ2n) is 4.73. The third-order valence-corrected chi connectivity index (χ3v) is 3.16. The maximum absolute atomic E-state index is 12.3. The van der Waals surface area contributed by atoms with E-state index in [-0.39, 0.29) is 5.91 Å². The predicted molar refractivity (Wildman–Crippen MR) is 77.1 cm³/mol. The van der Waals surface area contributed by atoms with Crippen molar-refractivity contribution >= 4 is 22.5 Å². The van der Waals surface area contributed by atoms with Crippen LogP contribution in [0.4, 0.5) is 5.69 Å². The van der Waals surface area contributed by atoms with Gasteiger partial charge >= 0.3 is 0 Å². The number of hydrogen-bond donors (Lipinski definition) is 3. The van der Waals surface area contributed by atoms with Gasteiger partial charge < -0.3 is 20.6 Å². The smallest absolute Gasteiger partial charge is 0.270 e. The van der Waals surface area contributed by atoms with Crippen LogP contribution < -0.4 is 5.73 Å². The third kappa shape index (κ3) is 2.23. The molecule has 0 atom stereocenters. The molecular formula is C14H15N5O. The van der Waals surface area contributed by atoms with Gasteiger partial charge in [-0.05, 0) is 24.3 Å². The van der Waals surface area contributed by atoms with Crippen molar-refractivity contribution in [2.45, 2.75) is 6.54 Å². The average Bonchev–Trinajstić information content (AvgIpc) is 3.06. The number of anilines is 1. The first kappa shape index (κ1) is 12.3. The van der Waals surface area contributed by atoms with Crippen LogP contribution in [0.5, 0.6) is 0 Å². The van der Waals surface area contributed by atoms with Crippen LogP contribution in [0.3, 0.4) is 0 Å². The molecule has 0 aliphatic heterocycles. The molecule has 3 aromatic rings. The highest BCUT2D eigenvalue weighted by atomic mass is 16.2. The molecule has 0 spiro atoms. The Balaban J connectivity index is 1.84. The molecular weight excluding hydrogens is 254 g/mol. The minimum Gasteiger partial charge on any atom is -0.399 e. The highest BCUT2D eigenvalue weighted by Gasteiger charge is 2.15. The highest BCUT2D eigenvalue weighted by Crippen LogP contribution is 2.19. The number of nitrogens with one attached hydrogen (secondary N) is 2. The van der Waals surface area contributed by atoms with E-state index in [1.807, 2.05) is 18.2 Å². The maximum Gasteiger partial charge on any atom is 0.270 e. The van der Waals surface area contributed by atoms with Gasteiger partial charge in [0.25, 0.3) is 5.91 Å². The molecule has 0 unspecified atom stereocenters. The quantitative estimate of drug-likeness (QED) is 0.632. The van der Waals surface area contributed by atoms with Gasteiger partial charge in [0.05, 0.1) is 6.54 Å². The van der Waals surface area contributed by atoms with Gasteiger partial charge in [-0.25, -0.2) is 4.98 Å². The molecule has 2 aromatic heterocycles. The van der Waals surface area contributed by atoms with Crippen molar-refractivity contribution in [1.29, 1.82) is 0 Å². The van der Waals surface area contributed by atoms with E-state index < -0.39 is 0 Å². The van der Waals surface area contributed by atoms with E-state index in [0.29, 0.717) is 17.9 Å². The number of hydrogen-bond acceptors (Lipinski definition) is 3. The molecule has 4 N–H and O–H groups in total. The summed E-state index contributed by atoms with van der Waals surface area (Å²) in [6.45, 7) is 0.434. The summed E-state index contributed by atoms with van der Waals surface area (Å²) in [5.74, 6) is 0.664.